The van der Waals surface area contributed by atoms with E-state index in [0.29, 0.717) is 5.69 Å². The van der Waals surface area contributed by atoms with Gasteiger partial charge in [-0.2, -0.15) is 0 Å². The molecule has 0 atom stereocenters. The molecule has 5 nitrogen and oxygen atoms in total. The Hall–Kier alpha value is -4.29. The predicted octanol–water partition coefficient (Wildman–Crippen LogP) is 5.59. The fourth-order valence-corrected chi connectivity index (χ4v) is 4.60. The maximum absolute atomic E-state index is 13.5. The van der Waals surface area contributed by atoms with Crippen molar-refractivity contribution in [2.75, 3.05) is 4.90 Å². The Labute approximate surface area is 209 Å². The number of para-hydroxylation sites is 1. The highest BCUT2D eigenvalue weighted by atomic mass is 32.1. The molecule has 0 saturated carbocycles. The van der Waals surface area contributed by atoms with Crippen molar-refractivity contribution >= 4 is 40.9 Å². The number of aryl methyl sites for hydroxylation is 2. The first-order valence-corrected chi connectivity index (χ1v) is 11.7. The maximum Gasteiger partial charge on any atom is 0.270 e. The first-order chi connectivity index (χ1) is 16.9. The van der Waals surface area contributed by atoms with Gasteiger partial charge in [0, 0.05) is 16.9 Å². The van der Waals surface area contributed by atoms with Gasteiger partial charge in [0.15, 0.2) is 5.11 Å². The Morgan fingerprint density at radius 3 is 2.09 bits per heavy atom. The third-order valence-electron chi connectivity index (χ3n) is 5.97. The summed E-state index contributed by atoms with van der Waals surface area (Å²) in [5.41, 5.74) is 6.33. The lowest BCUT2D eigenvalue weighted by Crippen LogP contribution is -2.54. The highest BCUT2D eigenvalue weighted by molar-refractivity contribution is 7.80. The number of benzene rings is 3. The molecule has 35 heavy (non-hydrogen) atoms. The highest BCUT2D eigenvalue weighted by Gasteiger charge is 2.35. The summed E-state index contributed by atoms with van der Waals surface area (Å²) in [6.45, 7) is 3.98. The van der Waals surface area contributed by atoms with E-state index in [1.807, 2.05) is 105 Å². The number of nitrogens with zero attached hydrogens (tertiary/aromatic N) is 2. The molecular formula is C29H23N3O2S. The summed E-state index contributed by atoms with van der Waals surface area (Å²) in [5, 5.41) is 2.75. The van der Waals surface area contributed by atoms with E-state index in [1.165, 1.54) is 4.90 Å². The van der Waals surface area contributed by atoms with Crippen LogP contribution in [0.25, 0.3) is 23.0 Å². The molecule has 0 aliphatic carbocycles. The first kappa shape index (κ1) is 22.5. The second kappa shape index (κ2) is 9.16. The standard InChI is InChI=1S/C29H23N3O2S/c1-19-13-15-24(16-14-19)32-28(34)25(27(33)30-29(32)35)18-22-17-20(2)31(23-11-7-4-8-12-23)26(22)21-9-5-3-6-10-21/h3-18H,1-2H3,(H,30,33,35)/b25-18+. The maximum atomic E-state index is 13.5. The topological polar surface area (TPSA) is 54.3 Å². The average Bonchev–Trinajstić information content (AvgIpc) is 3.19. The van der Waals surface area contributed by atoms with E-state index in [0.717, 1.165) is 33.8 Å². The van der Waals surface area contributed by atoms with Crippen molar-refractivity contribution in [3.63, 3.8) is 0 Å². The van der Waals surface area contributed by atoms with Crippen molar-refractivity contribution in [3.05, 3.63) is 113 Å². The minimum atomic E-state index is -0.507. The number of carbonyl (C=O) groups excluding carboxylic acids is 2. The molecule has 0 unspecified atom stereocenters. The molecule has 2 heterocycles. The van der Waals surface area contributed by atoms with E-state index in [2.05, 4.69) is 9.88 Å². The Morgan fingerprint density at radius 2 is 1.43 bits per heavy atom. The van der Waals surface area contributed by atoms with Gasteiger partial charge in [-0.15, -0.1) is 0 Å². The zero-order chi connectivity index (χ0) is 24.5. The van der Waals surface area contributed by atoms with E-state index in [9.17, 15) is 9.59 Å². The number of amides is 2. The fraction of sp³-hybridized carbons (Fsp3) is 0.0690. The second-order valence-corrected chi connectivity index (χ2v) is 8.81. The van der Waals surface area contributed by atoms with Crippen LogP contribution < -0.4 is 10.2 Å². The number of carbonyl (C=O) groups is 2. The molecule has 1 aromatic heterocycles. The van der Waals surface area contributed by atoms with Crippen LogP contribution in [-0.4, -0.2) is 21.5 Å². The van der Waals surface area contributed by atoms with Crippen molar-refractivity contribution in [1.29, 1.82) is 0 Å². The SMILES string of the molecule is Cc1ccc(N2C(=O)/C(=C/c3cc(C)n(-c4ccccc4)c3-c3ccccc3)C(=O)NC2=S)cc1. The summed E-state index contributed by atoms with van der Waals surface area (Å²) in [6, 6.07) is 29.4. The summed E-state index contributed by atoms with van der Waals surface area (Å²) < 4.78 is 2.13. The van der Waals surface area contributed by atoms with Gasteiger partial charge in [-0.3, -0.25) is 19.8 Å². The molecule has 1 N–H and O–H groups in total. The summed E-state index contributed by atoms with van der Waals surface area (Å²) in [5.74, 6) is -0.959. The highest BCUT2D eigenvalue weighted by Crippen LogP contribution is 2.33. The number of nitrogens with one attached hydrogen (secondary N) is 1. The van der Waals surface area contributed by atoms with Gasteiger partial charge in [0.25, 0.3) is 11.8 Å². The van der Waals surface area contributed by atoms with E-state index in [1.54, 1.807) is 6.08 Å². The molecule has 5 rings (SSSR count). The smallest absolute Gasteiger partial charge is 0.270 e. The predicted molar refractivity (Wildman–Crippen MR) is 143 cm³/mol. The van der Waals surface area contributed by atoms with Crippen LogP contribution in [0.2, 0.25) is 0 Å². The monoisotopic (exact) mass is 477 g/mol. The van der Waals surface area contributed by atoms with Gasteiger partial charge in [0.2, 0.25) is 0 Å². The molecule has 2 amide bonds. The second-order valence-electron chi connectivity index (χ2n) is 8.42. The largest absolute Gasteiger partial charge is 0.313 e. The summed E-state index contributed by atoms with van der Waals surface area (Å²) in [6.07, 6.45) is 1.66. The van der Waals surface area contributed by atoms with Crippen LogP contribution in [0.1, 0.15) is 16.8 Å². The van der Waals surface area contributed by atoms with Crippen LogP contribution in [0.3, 0.4) is 0 Å². The van der Waals surface area contributed by atoms with Gasteiger partial charge in [0.1, 0.15) is 5.57 Å². The van der Waals surface area contributed by atoms with Crippen LogP contribution in [0.15, 0.2) is 96.6 Å². The van der Waals surface area contributed by atoms with Crippen LogP contribution >= 0.6 is 12.2 Å². The minimum absolute atomic E-state index is 0.0292. The fourth-order valence-electron chi connectivity index (χ4n) is 4.32. The van der Waals surface area contributed by atoms with E-state index >= 15 is 0 Å². The van der Waals surface area contributed by atoms with E-state index in [-0.39, 0.29) is 10.7 Å². The van der Waals surface area contributed by atoms with Crippen molar-refractivity contribution in [2.24, 2.45) is 0 Å². The third-order valence-corrected chi connectivity index (χ3v) is 6.25. The number of hydrogen-bond donors (Lipinski definition) is 1. The zero-order valence-electron chi connectivity index (χ0n) is 19.4. The summed E-state index contributed by atoms with van der Waals surface area (Å²) in [7, 11) is 0. The molecule has 172 valence electrons. The molecule has 0 radical (unpaired) electrons. The van der Waals surface area contributed by atoms with Gasteiger partial charge in [-0.1, -0.05) is 66.2 Å². The van der Waals surface area contributed by atoms with Crippen molar-refractivity contribution in [3.8, 4) is 16.9 Å². The minimum Gasteiger partial charge on any atom is -0.313 e. The summed E-state index contributed by atoms with van der Waals surface area (Å²) in [4.78, 5) is 27.9. The van der Waals surface area contributed by atoms with Gasteiger partial charge in [0.05, 0.1) is 11.4 Å². The van der Waals surface area contributed by atoms with Crippen LogP contribution in [-0.2, 0) is 9.59 Å². The molecule has 3 aromatic carbocycles. The number of thiocarbonyl (C=S) groups is 1. The molecule has 1 aliphatic rings. The number of hydrogen-bond acceptors (Lipinski definition) is 3. The number of rotatable bonds is 4. The number of anilines is 1. The van der Waals surface area contributed by atoms with E-state index < -0.39 is 11.8 Å². The summed E-state index contributed by atoms with van der Waals surface area (Å²) >= 11 is 5.35. The van der Waals surface area contributed by atoms with Crippen LogP contribution in [0.5, 0.6) is 0 Å². The molecule has 1 fully saturated rings. The van der Waals surface area contributed by atoms with Gasteiger partial charge in [-0.25, -0.2) is 0 Å². The third kappa shape index (κ3) is 4.20. The van der Waals surface area contributed by atoms with Crippen LogP contribution in [0, 0.1) is 13.8 Å². The normalized spacial score (nSPS) is 15.0. The Balaban J connectivity index is 1.67. The Kier molecular flexibility index (Phi) is 5.89. The lowest BCUT2D eigenvalue weighted by Gasteiger charge is -2.29. The Bertz CT molecular complexity index is 1470. The van der Waals surface area contributed by atoms with Gasteiger partial charge in [-0.05, 0) is 68.0 Å². The quantitative estimate of drug-likeness (QED) is 0.237. The lowest BCUT2D eigenvalue weighted by atomic mass is 10.0. The molecule has 1 saturated heterocycles. The molecule has 0 bridgehead atoms. The van der Waals surface area contributed by atoms with Gasteiger partial charge >= 0.3 is 0 Å². The molecule has 1 aliphatic heterocycles. The van der Waals surface area contributed by atoms with Crippen molar-refractivity contribution in [1.82, 2.24) is 9.88 Å². The Morgan fingerprint density at radius 1 is 0.800 bits per heavy atom. The molecule has 0 spiro atoms. The first-order valence-electron chi connectivity index (χ1n) is 11.3. The van der Waals surface area contributed by atoms with Crippen molar-refractivity contribution in [2.45, 2.75) is 13.8 Å². The lowest BCUT2D eigenvalue weighted by molar-refractivity contribution is -0.122. The van der Waals surface area contributed by atoms with Gasteiger partial charge < -0.3 is 4.57 Å². The molecule has 4 aromatic rings. The van der Waals surface area contributed by atoms with Crippen LogP contribution in [0.4, 0.5) is 5.69 Å². The van der Waals surface area contributed by atoms with E-state index in [4.69, 9.17) is 12.2 Å². The molecular weight excluding hydrogens is 454 g/mol. The average molecular weight is 478 g/mol. The zero-order valence-corrected chi connectivity index (χ0v) is 20.2. The van der Waals surface area contributed by atoms with Crippen molar-refractivity contribution < 1.29 is 9.59 Å². The molecule has 6 heteroatoms. The number of aromatic nitrogens is 1.